The van der Waals surface area contributed by atoms with Gasteiger partial charge >= 0.3 is 0 Å². The smallest absolute Gasteiger partial charge is 0.276 e. The molecule has 0 aliphatic heterocycles. The van der Waals surface area contributed by atoms with E-state index in [0.717, 1.165) is 0 Å². The zero-order valence-corrected chi connectivity index (χ0v) is 13.4. The van der Waals surface area contributed by atoms with Crippen LogP contribution in [0, 0.1) is 0 Å². The van der Waals surface area contributed by atoms with Crippen LogP contribution in [0.15, 0.2) is 0 Å². The molecule has 0 aromatic carbocycles. The van der Waals surface area contributed by atoms with E-state index in [4.69, 9.17) is 14.4 Å². The highest BCUT2D eigenvalue weighted by Crippen LogP contribution is 1.79. The van der Waals surface area contributed by atoms with Gasteiger partial charge in [-0.1, -0.05) is 32.3 Å². The van der Waals surface area contributed by atoms with Crippen molar-refractivity contribution >= 4 is 8.25 Å². The van der Waals surface area contributed by atoms with Gasteiger partial charge in [0.2, 0.25) is 0 Å². The van der Waals surface area contributed by atoms with Crippen LogP contribution >= 0.6 is 8.25 Å². The Morgan fingerprint density at radius 1 is 0.722 bits per heavy atom. The molecule has 0 saturated heterocycles. The lowest BCUT2D eigenvalue weighted by atomic mass is 10.4. The highest BCUT2D eigenvalue weighted by atomic mass is 31.1. The number of quaternary nitrogens is 2. The van der Waals surface area contributed by atoms with Crippen LogP contribution in [0.4, 0.5) is 0 Å². The molecular weight excluding hydrogens is 251 g/mol. The Hall–Kier alpha value is -0.0600. The summed E-state index contributed by atoms with van der Waals surface area (Å²) >= 11 is 0. The van der Waals surface area contributed by atoms with Crippen molar-refractivity contribution in [3.63, 3.8) is 0 Å². The molecule has 0 aliphatic carbocycles. The van der Waals surface area contributed by atoms with E-state index in [1.807, 2.05) is 0 Å². The van der Waals surface area contributed by atoms with Gasteiger partial charge in [0.25, 0.3) is 8.25 Å². The minimum Gasteiger partial charge on any atom is -0.598 e. The molecule has 4 N–H and O–H groups in total. The van der Waals surface area contributed by atoms with Gasteiger partial charge in [-0.2, -0.15) is 0 Å². The van der Waals surface area contributed by atoms with Crippen LogP contribution in [0.3, 0.4) is 0 Å². The van der Waals surface area contributed by atoms with Crippen LogP contribution in [0.1, 0.15) is 53.4 Å². The van der Waals surface area contributed by atoms with E-state index in [1.165, 1.54) is 51.9 Å². The van der Waals surface area contributed by atoms with E-state index < -0.39 is 8.25 Å². The first-order valence-corrected chi connectivity index (χ1v) is 8.10. The van der Waals surface area contributed by atoms with Crippen molar-refractivity contribution in [1.82, 2.24) is 0 Å². The third-order valence-corrected chi connectivity index (χ3v) is 1.97. The van der Waals surface area contributed by atoms with Crippen LogP contribution in [0.5, 0.6) is 0 Å². The Kier molecular flexibility index (Phi) is 32.9. The van der Waals surface area contributed by atoms with Crippen molar-refractivity contribution in [3.05, 3.63) is 0 Å². The fraction of sp³-hybridized carbons (Fsp3) is 1.00. The maximum Gasteiger partial charge on any atom is 0.276 e. The van der Waals surface area contributed by atoms with Gasteiger partial charge in [0.1, 0.15) is 0 Å². The third-order valence-electron chi connectivity index (χ3n) is 1.97. The van der Waals surface area contributed by atoms with E-state index in [1.54, 1.807) is 0 Å². The molecule has 0 aromatic rings. The van der Waals surface area contributed by atoms with Crippen molar-refractivity contribution < 1.29 is 25.0 Å². The summed E-state index contributed by atoms with van der Waals surface area (Å²) in [5.41, 5.74) is 0. The largest absolute Gasteiger partial charge is 0.598 e. The Bertz CT molecular complexity index is 127. The van der Waals surface area contributed by atoms with Crippen molar-refractivity contribution in [1.29, 1.82) is 0 Å². The molecule has 6 heteroatoms. The van der Waals surface area contributed by atoms with Crippen molar-refractivity contribution in [2.75, 3.05) is 26.2 Å². The molecule has 0 aliphatic rings. The van der Waals surface area contributed by atoms with Crippen LogP contribution in [-0.2, 0) is 4.57 Å². The predicted octanol–water partition coefficient (Wildman–Crippen LogP) is -0.896. The molecule has 0 atom stereocenters. The van der Waals surface area contributed by atoms with Gasteiger partial charge in [0, 0.05) is 0 Å². The normalized spacial score (nSPS) is 8.78. The molecule has 0 rings (SSSR count). The lowest BCUT2D eigenvalue weighted by Crippen LogP contribution is -2.84. The number of hydrogen-bond donors (Lipinski definition) is 2. The summed E-state index contributed by atoms with van der Waals surface area (Å²) in [5, 5.41) is 4.72. The monoisotopic (exact) mass is 283 g/mol. The Morgan fingerprint density at radius 2 is 0.889 bits per heavy atom. The van der Waals surface area contributed by atoms with Crippen LogP contribution in [0.25, 0.3) is 0 Å². The number of hydrogen-bond acceptors (Lipinski definition) is 3. The average Bonchev–Trinajstić information content (AvgIpc) is 2.31. The molecule has 0 amide bonds. The molecule has 0 saturated carbocycles. The zero-order chi connectivity index (χ0) is 14.6. The zero-order valence-electron chi connectivity index (χ0n) is 12.5. The van der Waals surface area contributed by atoms with Crippen LogP contribution in [0.2, 0.25) is 0 Å². The summed E-state index contributed by atoms with van der Waals surface area (Å²) in [7, 11) is -3.37. The summed E-state index contributed by atoms with van der Waals surface area (Å²) < 4.78 is 8.48. The topological polar surface area (TPSA) is 96.4 Å². The lowest BCUT2D eigenvalue weighted by molar-refractivity contribution is -0.654. The van der Waals surface area contributed by atoms with E-state index in [0.29, 0.717) is 0 Å². The quantitative estimate of drug-likeness (QED) is 0.446. The molecule has 0 heterocycles. The second-order valence-corrected chi connectivity index (χ2v) is 4.40. The SMILES string of the molecule is CCC[NH2+]CCC.CCC[NH2+]CCC.O=[P+]([O-])[O-]. The third kappa shape index (κ3) is 56.4. The summed E-state index contributed by atoms with van der Waals surface area (Å²) in [6, 6.07) is 0. The summed E-state index contributed by atoms with van der Waals surface area (Å²) in [5.74, 6) is 0. The van der Waals surface area contributed by atoms with Gasteiger partial charge in [0.05, 0.1) is 26.2 Å². The summed E-state index contributed by atoms with van der Waals surface area (Å²) in [4.78, 5) is 17.0. The lowest BCUT2D eigenvalue weighted by Gasteiger charge is -1.92. The van der Waals surface area contributed by atoms with Crippen LogP contribution in [-0.4, -0.2) is 26.2 Å². The van der Waals surface area contributed by atoms with Gasteiger partial charge in [-0.15, -0.1) is 0 Å². The Morgan fingerprint density at radius 3 is 1.00 bits per heavy atom. The van der Waals surface area contributed by atoms with Gasteiger partial charge in [-0.05, 0) is 25.7 Å². The Labute approximate surface area is 113 Å². The van der Waals surface area contributed by atoms with E-state index in [9.17, 15) is 0 Å². The second-order valence-electron chi connectivity index (χ2n) is 3.96. The first-order valence-electron chi connectivity index (χ1n) is 7.01. The molecule has 0 radical (unpaired) electrons. The number of rotatable bonds is 8. The molecule has 112 valence electrons. The molecule has 0 aromatic heterocycles. The number of nitrogens with two attached hydrogens (primary N) is 2. The van der Waals surface area contributed by atoms with Gasteiger partial charge < -0.3 is 20.4 Å². The molecule has 5 nitrogen and oxygen atoms in total. The molecule has 0 spiro atoms. The predicted molar refractivity (Wildman–Crippen MR) is 72.1 cm³/mol. The molecule has 0 fully saturated rings. The maximum absolute atomic E-state index is 8.48. The fourth-order valence-electron chi connectivity index (χ4n) is 1.11. The molecule has 0 unspecified atom stereocenters. The van der Waals surface area contributed by atoms with E-state index in [2.05, 4.69) is 38.3 Å². The second kappa shape index (κ2) is 25.7. The van der Waals surface area contributed by atoms with Gasteiger partial charge in [0.15, 0.2) is 0 Å². The minimum absolute atomic E-state index is 1.30. The van der Waals surface area contributed by atoms with Crippen molar-refractivity contribution in [3.8, 4) is 0 Å². The first-order chi connectivity index (χ1) is 8.56. The first kappa shape index (κ1) is 23.1. The van der Waals surface area contributed by atoms with Gasteiger partial charge in [-0.25, -0.2) is 0 Å². The molecule has 18 heavy (non-hydrogen) atoms. The van der Waals surface area contributed by atoms with Crippen molar-refractivity contribution in [2.45, 2.75) is 53.4 Å². The van der Waals surface area contributed by atoms with E-state index in [-0.39, 0.29) is 0 Å². The van der Waals surface area contributed by atoms with Gasteiger partial charge in [-0.3, -0.25) is 0 Å². The summed E-state index contributed by atoms with van der Waals surface area (Å²) in [6.07, 6.45) is 5.22. The Balaban J connectivity index is -0.000000196. The molecule has 0 bridgehead atoms. The highest BCUT2D eigenvalue weighted by Gasteiger charge is 1.81. The van der Waals surface area contributed by atoms with E-state index >= 15 is 0 Å². The minimum atomic E-state index is -3.37. The fourth-order valence-corrected chi connectivity index (χ4v) is 1.11. The van der Waals surface area contributed by atoms with Crippen LogP contribution < -0.4 is 20.4 Å². The summed E-state index contributed by atoms with van der Waals surface area (Å²) in [6.45, 7) is 14.1. The van der Waals surface area contributed by atoms with Crippen molar-refractivity contribution in [2.24, 2.45) is 0 Å². The standard InChI is InChI=1S/2C6H15N.HO3P/c2*1-3-5-7-6-4-2;1-4(2)3/h2*7H,3-6H2,1-2H3;(H,1,2,3)/p+1. The average molecular weight is 283 g/mol. The maximum atomic E-state index is 8.48. The molecular formula is C12H32N2O3P+. The highest BCUT2D eigenvalue weighted by molar-refractivity contribution is 7.27.